The quantitative estimate of drug-likeness (QED) is 0.303. The number of para-hydroxylation sites is 1. The van der Waals surface area contributed by atoms with Crippen molar-refractivity contribution in [3.63, 3.8) is 0 Å². The Labute approximate surface area is 175 Å². The largest absolute Gasteiger partial charge is 0.488 e. The molecule has 1 aromatic rings. The van der Waals surface area contributed by atoms with E-state index < -0.39 is 0 Å². The molecule has 0 fully saturated rings. The zero-order valence-corrected chi connectivity index (χ0v) is 19.3. The first kappa shape index (κ1) is 24.0. The number of guanidine groups is 1. The van der Waals surface area contributed by atoms with E-state index in [-0.39, 0.29) is 48.1 Å². The molecule has 0 radical (unpaired) electrons. The minimum Gasteiger partial charge on any atom is -0.488 e. The fourth-order valence-corrected chi connectivity index (χ4v) is 2.26. The number of carbonyl (C=O) groups is 1. The Hall–Kier alpha value is -1.03. The molecule has 0 bridgehead atoms. The molecule has 8 heteroatoms. The summed E-state index contributed by atoms with van der Waals surface area (Å²) >= 11 is 3.46. The molecule has 0 heterocycles. The summed E-state index contributed by atoms with van der Waals surface area (Å²) < 4.78 is 6.78. The number of aliphatic imine (C=N–C) groups is 1. The molecule has 0 saturated carbocycles. The second kappa shape index (κ2) is 11.6. The second-order valence-electron chi connectivity index (χ2n) is 6.46. The fourth-order valence-electron chi connectivity index (χ4n) is 1.89. The molecule has 1 rings (SSSR count). The summed E-state index contributed by atoms with van der Waals surface area (Å²) in [7, 11) is 1.66. The average molecular weight is 527 g/mol. The monoisotopic (exact) mass is 526 g/mol. The van der Waals surface area contributed by atoms with E-state index in [0.29, 0.717) is 12.5 Å². The smallest absolute Gasteiger partial charge is 0.239 e. The predicted molar refractivity (Wildman–Crippen MR) is 117 cm³/mol. The highest BCUT2D eigenvalue weighted by Gasteiger charge is 2.14. The number of benzene rings is 1. The van der Waals surface area contributed by atoms with Crippen molar-refractivity contribution in [3.8, 4) is 5.75 Å². The van der Waals surface area contributed by atoms with Crippen LogP contribution in [0.5, 0.6) is 5.75 Å². The Balaban J connectivity index is 0.00000576. The van der Waals surface area contributed by atoms with Crippen molar-refractivity contribution >= 4 is 51.8 Å². The average Bonchev–Trinajstić information content (AvgIpc) is 2.48. The van der Waals surface area contributed by atoms with E-state index in [4.69, 9.17) is 4.74 Å². The first-order valence-corrected chi connectivity index (χ1v) is 8.67. The molecule has 0 aromatic heterocycles. The minimum atomic E-state index is -0.249. The number of carbonyl (C=O) groups excluding carboxylic acids is 1. The lowest BCUT2D eigenvalue weighted by atomic mass is 10.1. The minimum absolute atomic E-state index is 0. The van der Waals surface area contributed by atoms with Crippen LogP contribution in [0.4, 0.5) is 0 Å². The van der Waals surface area contributed by atoms with Gasteiger partial charge in [-0.2, -0.15) is 0 Å². The van der Waals surface area contributed by atoms with Crippen LogP contribution in [0.3, 0.4) is 0 Å². The topological polar surface area (TPSA) is 74.8 Å². The van der Waals surface area contributed by atoms with Crippen LogP contribution < -0.4 is 20.7 Å². The maximum absolute atomic E-state index is 11.8. The van der Waals surface area contributed by atoms with Crippen molar-refractivity contribution in [1.82, 2.24) is 16.0 Å². The van der Waals surface area contributed by atoms with Crippen LogP contribution in [-0.2, 0) is 4.79 Å². The molecule has 142 valence electrons. The maximum atomic E-state index is 11.8. The number of nitrogens with zero attached hydrogens (tertiary/aromatic N) is 1. The van der Waals surface area contributed by atoms with E-state index in [1.165, 1.54) is 0 Å². The van der Waals surface area contributed by atoms with Crippen molar-refractivity contribution < 1.29 is 9.53 Å². The Morgan fingerprint density at radius 1 is 1.28 bits per heavy atom. The molecule has 0 aliphatic rings. The van der Waals surface area contributed by atoms with Gasteiger partial charge in [-0.3, -0.25) is 9.79 Å². The van der Waals surface area contributed by atoms with Crippen LogP contribution in [0.25, 0.3) is 0 Å². The SMILES string of the molecule is CN=C(NCC(=O)NC(C)(C)C)NCC(C)Oc1ccccc1Br.I. The van der Waals surface area contributed by atoms with Crippen LogP contribution in [0.2, 0.25) is 0 Å². The van der Waals surface area contributed by atoms with Gasteiger partial charge >= 0.3 is 0 Å². The molecule has 25 heavy (non-hydrogen) atoms. The zero-order valence-electron chi connectivity index (χ0n) is 15.4. The molecular formula is C17H28BrIN4O2. The summed E-state index contributed by atoms with van der Waals surface area (Å²) in [6, 6.07) is 7.71. The van der Waals surface area contributed by atoms with Crippen LogP contribution >= 0.6 is 39.9 Å². The Kier molecular flexibility index (Phi) is 11.1. The van der Waals surface area contributed by atoms with Crippen molar-refractivity contribution in [3.05, 3.63) is 28.7 Å². The third kappa shape index (κ3) is 10.5. The molecule has 1 amide bonds. The van der Waals surface area contributed by atoms with E-state index in [0.717, 1.165) is 10.2 Å². The van der Waals surface area contributed by atoms with Gasteiger partial charge in [-0.25, -0.2) is 0 Å². The zero-order chi connectivity index (χ0) is 18.2. The standard InChI is InChI=1S/C17H27BrN4O2.HI/c1-12(24-14-9-7-6-8-13(14)18)10-20-16(19-5)21-11-15(23)22-17(2,3)4;/h6-9,12H,10-11H2,1-5H3,(H,22,23)(H2,19,20,21);1H. The van der Waals surface area contributed by atoms with Crippen LogP contribution in [-0.4, -0.2) is 43.6 Å². The van der Waals surface area contributed by atoms with Gasteiger partial charge in [0.1, 0.15) is 11.9 Å². The van der Waals surface area contributed by atoms with Gasteiger partial charge < -0.3 is 20.7 Å². The van der Waals surface area contributed by atoms with Crippen molar-refractivity contribution in [2.45, 2.75) is 39.3 Å². The lowest BCUT2D eigenvalue weighted by Gasteiger charge is -2.21. The van der Waals surface area contributed by atoms with Crippen LogP contribution in [0.15, 0.2) is 33.7 Å². The van der Waals surface area contributed by atoms with Gasteiger partial charge in [-0.05, 0) is 55.8 Å². The Bertz CT molecular complexity index is 576. The lowest BCUT2D eigenvalue weighted by molar-refractivity contribution is -0.121. The fraction of sp³-hybridized carbons (Fsp3) is 0.529. The van der Waals surface area contributed by atoms with Gasteiger partial charge in [-0.15, -0.1) is 24.0 Å². The van der Waals surface area contributed by atoms with E-state index in [2.05, 4.69) is 36.9 Å². The Morgan fingerprint density at radius 3 is 2.48 bits per heavy atom. The van der Waals surface area contributed by atoms with Gasteiger partial charge in [0.2, 0.25) is 5.91 Å². The first-order valence-electron chi connectivity index (χ1n) is 7.88. The second-order valence-corrected chi connectivity index (χ2v) is 7.32. The molecular weight excluding hydrogens is 499 g/mol. The van der Waals surface area contributed by atoms with E-state index in [1.54, 1.807) is 7.05 Å². The number of ether oxygens (including phenoxy) is 1. The predicted octanol–water partition coefficient (Wildman–Crippen LogP) is 2.91. The number of rotatable bonds is 6. The molecule has 0 saturated heterocycles. The van der Waals surface area contributed by atoms with Gasteiger partial charge in [0.25, 0.3) is 0 Å². The number of nitrogens with one attached hydrogen (secondary N) is 3. The summed E-state index contributed by atoms with van der Waals surface area (Å²) in [6.45, 7) is 8.51. The van der Waals surface area contributed by atoms with Gasteiger partial charge in [0.05, 0.1) is 17.6 Å². The number of halogens is 2. The highest BCUT2D eigenvalue weighted by Crippen LogP contribution is 2.24. The summed E-state index contributed by atoms with van der Waals surface area (Å²) in [5.74, 6) is 1.27. The molecule has 0 spiro atoms. The molecule has 3 N–H and O–H groups in total. The normalized spacial score (nSPS) is 12.6. The lowest BCUT2D eigenvalue weighted by Crippen LogP contribution is -2.49. The third-order valence-electron chi connectivity index (χ3n) is 2.88. The molecule has 6 nitrogen and oxygen atoms in total. The molecule has 0 aliphatic carbocycles. The summed E-state index contributed by atoms with van der Waals surface area (Å²) in [5.41, 5.74) is -0.249. The Morgan fingerprint density at radius 2 is 1.92 bits per heavy atom. The van der Waals surface area contributed by atoms with Crippen molar-refractivity contribution in [2.24, 2.45) is 4.99 Å². The number of hydrogen-bond acceptors (Lipinski definition) is 3. The molecule has 0 aliphatic heterocycles. The highest BCUT2D eigenvalue weighted by molar-refractivity contribution is 14.0. The first-order chi connectivity index (χ1) is 11.2. The van der Waals surface area contributed by atoms with E-state index in [1.807, 2.05) is 52.0 Å². The number of hydrogen-bond donors (Lipinski definition) is 3. The van der Waals surface area contributed by atoms with Gasteiger partial charge in [0.15, 0.2) is 5.96 Å². The van der Waals surface area contributed by atoms with Crippen LogP contribution in [0.1, 0.15) is 27.7 Å². The summed E-state index contributed by atoms with van der Waals surface area (Å²) in [5, 5.41) is 9.02. The van der Waals surface area contributed by atoms with E-state index >= 15 is 0 Å². The van der Waals surface area contributed by atoms with Crippen molar-refractivity contribution in [2.75, 3.05) is 20.1 Å². The summed E-state index contributed by atoms with van der Waals surface area (Å²) in [4.78, 5) is 15.9. The van der Waals surface area contributed by atoms with Crippen LogP contribution in [0, 0.1) is 0 Å². The maximum Gasteiger partial charge on any atom is 0.239 e. The molecule has 1 aromatic carbocycles. The number of amides is 1. The van der Waals surface area contributed by atoms with E-state index in [9.17, 15) is 4.79 Å². The summed E-state index contributed by atoms with van der Waals surface area (Å²) in [6.07, 6.45) is -0.0642. The molecule has 1 atom stereocenters. The van der Waals surface area contributed by atoms with Crippen molar-refractivity contribution in [1.29, 1.82) is 0 Å². The third-order valence-corrected chi connectivity index (χ3v) is 3.53. The van der Waals surface area contributed by atoms with Gasteiger partial charge in [0, 0.05) is 12.6 Å². The van der Waals surface area contributed by atoms with Gasteiger partial charge in [-0.1, -0.05) is 12.1 Å². The molecule has 1 unspecified atom stereocenters. The highest BCUT2D eigenvalue weighted by atomic mass is 127.